The van der Waals surface area contributed by atoms with Crippen molar-refractivity contribution in [1.29, 1.82) is 10.7 Å². The first-order valence-electron chi connectivity index (χ1n) is 6.97. The second-order valence-electron chi connectivity index (χ2n) is 4.76. The fourth-order valence-corrected chi connectivity index (χ4v) is 1.81. The van der Waals surface area contributed by atoms with Gasteiger partial charge >= 0.3 is 5.97 Å². The molecule has 0 spiro atoms. The summed E-state index contributed by atoms with van der Waals surface area (Å²) < 4.78 is 15.1. The standard InChI is InChI=1S/C17H18N2O5/c1-11(19)14(9-18)15(20)10-24-17(21)7-4-12-8-13(22-2)5-6-16(12)23-3/h4-8,14,19H,10H2,1-3H3/b7-4+,19-11?. The van der Waals surface area contributed by atoms with Crippen LogP contribution in [0.5, 0.6) is 11.5 Å². The summed E-state index contributed by atoms with van der Waals surface area (Å²) in [4.78, 5) is 23.4. The second-order valence-corrected chi connectivity index (χ2v) is 4.76. The molecule has 0 saturated heterocycles. The number of hydrogen-bond donors (Lipinski definition) is 1. The van der Waals surface area contributed by atoms with Crippen molar-refractivity contribution < 1.29 is 23.8 Å². The molecule has 1 aromatic rings. The number of carbonyl (C=O) groups excluding carboxylic acids is 2. The molecule has 0 fully saturated rings. The molecule has 0 amide bonds. The third-order valence-corrected chi connectivity index (χ3v) is 3.08. The zero-order valence-corrected chi connectivity index (χ0v) is 13.7. The van der Waals surface area contributed by atoms with Crippen molar-refractivity contribution >= 4 is 23.5 Å². The van der Waals surface area contributed by atoms with Crippen molar-refractivity contribution in [3.8, 4) is 17.6 Å². The molecule has 1 unspecified atom stereocenters. The third kappa shape index (κ3) is 5.25. The molecule has 0 aromatic heterocycles. The van der Waals surface area contributed by atoms with Crippen LogP contribution < -0.4 is 9.47 Å². The Kier molecular flexibility index (Phi) is 7.17. The number of ketones is 1. The largest absolute Gasteiger partial charge is 0.497 e. The maximum absolute atomic E-state index is 11.7. The van der Waals surface area contributed by atoms with Crippen LogP contribution in [0.15, 0.2) is 24.3 Å². The number of methoxy groups -OCH3 is 2. The molecule has 0 aliphatic rings. The summed E-state index contributed by atoms with van der Waals surface area (Å²) in [6.07, 6.45) is 2.61. The topological polar surface area (TPSA) is 109 Å². The number of benzene rings is 1. The SMILES string of the molecule is COc1ccc(OC)c(/C=C/C(=O)OCC(=O)C(C#N)C(C)=N)c1. The number of nitrogens with zero attached hydrogens (tertiary/aromatic N) is 1. The van der Waals surface area contributed by atoms with Crippen LogP contribution in [0.4, 0.5) is 0 Å². The third-order valence-electron chi connectivity index (χ3n) is 3.08. The molecule has 1 atom stereocenters. The number of rotatable bonds is 8. The highest BCUT2D eigenvalue weighted by atomic mass is 16.5. The zero-order chi connectivity index (χ0) is 18.1. The Morgan fingerprint density at radius 1 is 1.33 bits per heavy atom. The van der Waals surface area contributed by atoms with E-state index in [1.54, 1.807) is 24.3 Å². The molecule has 0 radical (unpaired) electrons. The number of carbonyl (C=O) groups is 2. The molecule has 1 aromatic carbocycles. The number of nitrogens with one attached hydrogen (secondary N) is 1. The van der Waals surface area contributed by atoms with E-state index in [4.69, 9.17) is 24.9 Å². The van der Waals surface area contributed by atoms with Crippen molar-refractivity contribution in [1.82, 2.24) is 0 Å². The number of ether oxygens (including phenoxy) is 3. The summed E-state index contributed by atoms with van der Waals surface area (Å²) in [7, 11) is 3.02. The summed E-state index contributed by atoms with van der Waals surface area (Å²) in [5.74, 6) is -1.43. The van der Waals surface area contributed by atoms with Crippen LogP contribution in [-0.4, -0.2) is 38.3 Å². The molecule has 24 heavy (non-hydrogen) atoms. The summed E-state index contributed by atoms with van der Waals surface area (Å²) in [6.45, 7) is 0.787. The average Bonchev–Trinajstić information content (AvgIpc) is 2.57. The van der Waals surface area contributed by atoms with Crippen molar-refractivity contribution in [3.63, 3.8) is 0 Å². The Bertz CT molecular complexity index is 703. The van der Waals surface area contributed by atoms with Crippen molar-refractivity contribution in [3.05, 3.63) is 29.8 Å². The Morgan fingerprint density at radius 2 is 2.04 bits per heavy atom. The van der Waals surface area contributed by atoms with Gasteiger partial charge < -0.3 is 19.6 Å². The van der Waals surface area contributed by atoms with Gasteiger partial charge in [-0.15, -0.1) is 0 Å². The van der Waals surface area contributed by atoms with E-state index < -0.39 is 24.3 Å². The Morgan fingerprint density at radius 3 is 2.58 bits per heavy atom. The van der Waals surface area contributed by atoms with E-state index in [1.807, 2.05) is 0 Å². The molecule has 0 bridgehead atoms. The lowest BCUT2D eigenvalue weighted by Gasteiger charge is -2.07. The fourth-order valence-electron chi connectivity index (χ4n) is 1.81. The van der Waals surface area contributed by atoms with Gasteiger partial charge in [-0.3, -0.25) is 4.79 Å². The average molecular weight is 330 g/mol. The maximum Gasteiger partial charge on any atom is 0.331 e. The summed E-state index contributed by atoms with van der Waals surface area (Å²) in [6, 6.07) is 6.78. The van der Waals surface area contributed by atoms with Gasteiger partial charge in [-0.25, -0.2) is 4.79 Å². The van der Waals surface area contributed by atoms with Crippen molar-refractivity contribution in [2.24, 2.45) is 5.92 Å². The molecule has 126 valence electrons. The Balaban J connectivity index is 2.72. The zero-order valence-electron chi connectivity index (χ0n) is 13.7. The lowest BCUT2D eigenvalue weighted by molar-refractivity contribution is -0.143. The monoisotopic (exact) mass is 330 g/mol. The van der Waals surface area contributed by atoms with Crippen LogP contribution in [0.25, 0.3) is 6.08 Å². The molecule has 0 heterocycles. The Hall–Kier alpha value is -3.14. The minimum absolute atomic E-state index is 0.0878. The molecule has 1 N–H and O–H groups in total. The van der Waals surface area contributed by atoms with Gasteiger partial charge in [-0.2, -0.15) is 5.26 Å². The van der Waals surface area contributed by atoms with E-state index in [9.17, 15) is 9.59 Å². The van der Waals surface area contributed by atoms with E-state index in [1.165, 1.54) is 27.2 Å². The first-order chi connectivity index (χ1) is 11.4. The molecule has 0 saturated carbocycles. The van der Waals surface area contributed by atoms with Gasteiger partial charge in [0.2, 0.25) is 0 Å². The summed E-state index contributed by atoms with van der Waals surface area (Å²) >= 11 is 0. The van der Waals surface area contributed by atoms with Crippen molar-refractivity contribution in [2.45, 2.75) is 6.92 Å². The predicted octanol–water partition coefficient (Wildman–Crippen LogP) is 2.01. The van der Waals surface area contributed by atoms with Crippen LogP contribution >= 0.6 is 0 Å². The maximum atomic E-state index is 11.7. The number of esters is 1. The number of hydrogen-bond acceptors (Lipinski definition) is 7. The fraction of sp³-hybridized carbons (Fsp3) is 0.294. The van der Waals surface area contributed by atoms with Crippen LogP contribution in [-0.2, 0) is 14.3 Å². The lowest BCUT2D eigenvalue weighted by Crippen LogP contribution is -2.25. The van der Waals surface area contributed by atoms with E-state index in [-0.39, 0.29) is 5.71 Å². The van der Waals surface area contributed by atoms with Crippen molar-refractivity contribution in [2.75, 3.05) is 20.8 Å². The van der Waals surface area contributed by atoms with Gasteiger partial charge in [0.1, 0.15) is 17.4 Å². The Labute approximate surface area is 139 Å². The molecule has 0 aliphatic heterocycles. The van der Waals surface area contributed by atoms with Gasteiger partial charge in [0.25, 0.3) is 0 Å². The highest BCUT2D eigenvalue weighted by Crippen LogP contribution is 2.25. The van der Waals surface area contributed by atoms with Gasteiger partial charge in [-0.1, -0.05) is 0 Å². The minimum atomic E-state index is -1.19. The highest BCUT2D eigenvalue weighted by Gasteiger charge is 2.20. The number of Topliss-reactive ketones (excluding diaryl/α,β-unsaturated/α-hetero) is 1. The van der Waals surface area contributed by atoms with E-state index >= 15 is 0 Å². The first kappa shape index (κ1) is 18.9. The molecule has 1 rings (SSSR count). The molecular weight excluding hydrogens is 312 g/mol. The number of nitriles is 1. The predicted molar refractivity (Wildman–Crippen MR) is 87.0 cm³/mol. The van der Waals surface area contributed by atoms with Gasteiger partial charge in [-0.05, 0) is 31.2 Å². The van der Waals surface area contributed by atoms with E-state index in [0.717, 1.165) is 6.08 Å². The molecule has 7 nitrogen and oxygen atoms in total. The van der Waals surface area contributed by atoms with Gasteiger partial charge in [0.15, 0.2) is 12.4 Å². The minimum Gasteiger partial charge on any atom is -0.497 e. The highest BCUT2D eigenvalue weighted by molar-refractivity contribution is 6.06. The molecule has 0 aliphatic carbocycles. The first-order valence-corrected chi connectivity index (χ1v) is 6.97. The second kappa shape index (κ2) is 9.10. The van der Waals surface area contributed by atoms with E-state index in [0.29, 0.717) is 17.1 Å². The van der Waals surface area contributed by atoms with Gasteiger partial charge in [0.05, 0.1) is 20.3 Å². The van der Waals surface area contributed by atoms with Crippen LogP contribution in [0.1, 0.15) is 12.5 Å². The van der Waals surface area contributed by atoms with Crippen LogP contribution in [0, 0.1) is 22.7 Å². The van der Waals surface area contributed by atoms with Crippen LogP contribution in [0.2, 0.25) is 0 Å². The molecular formula is C17H18N2O5. The smallest absolute Gasteiger partial charge is 0.331 e. The normalized spacial score (nSPS) is 11.4. The van der Waals surface area contributed by atoms with Crippen LogP contribution in [0.3, 0.4) is 0 Å². The lowest BCUT2D eigenvalue weighted by atomic mass is 10.0. The van der Waals surface area contributed by atoms with Gasteiger partial charge in [0, 0.05) is 17.4 Å². The molecule has 7 heteroatoms. The summed E-state index contributed by atoms with van der Waals surface area (Å²) in [5.41, 5.74) is 0.514. The van der Waals surface area contributed by atoms with E-state index in [2.05, 4.69) is 0 Å². The quantitative estimate of drug-likeness (QED) is 0.443. The summed E-state index contributed by atoms with van der Waals surface area (Å²) in [5, 5.41) is 16.1.